The molecule has 0 unspecified atom stereocenters. The average molecular weight is 364 g/mol. The van der Waals surface area contributed by atoms with E-state index in [0.29, 0.717) is 31.0 Å². The molecule has 1 aromatic carbocycles. The molecule has 0 saturated carbocycles. The number of likely N-dealkylation sites (tertiary alicyclic amines) is 1. The van der Waals surface area contributed by atoms with E-state index < -0.39 is 5.60 Å². The highest BCUT2D eigenvalue weighted by Gasteiger charge is 2.42. The second-order valence-corrected chi connectivity index (χ2v) is 8.18. The van der Waals surface area contributed by atoms with E-state index in [9.17, 15) is 9.90 Å². The Kier molecular flexibility index (Phi) is 6.53. The van der Waals surface area contributed by atoms with Crippen molar-refractivity contribution in [1.82, 2.24) is 10.2 Å². The fourth-order valence-corrected chi connectivity index (χ4v) is 3.31. The maximum Gasteiger partial charge on any atom is 0.256 e. The number of ether oxygens (including phenoxy) is 2. The van der Waals surface area contributed by atoms with Crippen molar-refractivity contribution in [3.8, 4) is 11.5 Å². The molecule has 26 heavy (non-hydrogen) atoms. The summed E-state index contributed by atoms with van der Waals surface area (Å²) in [4.78, 5) is 14.6. The van der Waals surface area contributed by atoms with Crippen molar-refractivity contribution in [3.63, 3.8) is 0 Å². The number of para-hydroxylation sites is 1. The molecule has 0 aliphatic carbocycles. The molecule has 6 heteroatoms. The minimum atomic E-state index is -1.35. The normalized spacial score (nSPS) is 21.0. The van der Waals surface area contributed by atoms with E-state index in [1.54, 1.807) is 19.1 Å². The Labute approximate surface area is 156 Å². The third kappa shape index (κ3) is 4.89. The molecule has 0 spiro atoms. The van der Waals surface area contributed by atoms with Gasteiger partial charge in [0.25, 0.3) is 5.91 Å². The van der Waals surface area contributed by atoms with Crippen LogP contribution < -0.4 is 14.8 Å². The van der Waals surface area contributed by atoms with E-state index in [1.165, 1.54) is 0 Å². The molecule has 146 valence electrons. The molecular weight excluding hydrogens is 332 g/mol. The van der Waals surface area contributed by atoms with Gasteiger partial charge < -0.3 is 24.8 Å². The Bertz CT molecular complexity index is 627. The summed E-state index contributed by atoms with van der Waals surface area (Å²) in [5.41, 5.74) is -0.385. The van der Waals surface area contributed by atoms with E-state index in [2.05, 4.69) is 26.1 Å². The van der Waals surface area contributed by atoms with Crippen LogP contribution in [-0.4, -0.2) is 55.4 Å². The fourth-order valence-electron chi connectivity index (χ4n) is 3.31. The molecule has 1 fully saturated rings. The van der Waals surface area contributed by atoms with Gasteiger partial charge in [0.15, 0.2) is 17.1 Å². The van der Waals surface area contributed by atoms with Crippen molar-refractivity contribution >= 4 is 5.91 Å². The van der Waals surface area contributed by atoms with Crippen LogP contribution in [0.3, 0.4) is 0 Å². The van der Waals surface area contributed by atoms with Gasteiger partial charge in [0.1, 0.15) is 0 Å². The summed E-state index contributed by atoms with van der Waals surface area (Å²) in [6.07, 6.45) is 1.25. The van der Waals surface area contributed by atoms with Crippen molar-refractivity contribution in [3.05, 3.63) is 23.8 Å². The third-order valence-electron chi connectivity index (χ3n) is 4.62. The van der Waals surface area contributed by atoms with Gasteiger partial charge in [-0.25, -0.2) is 0 Å². The fraction of sp³-hybridized carbons (Fsp3) is 0.650. The lowest BCUT2D eigenvalue weighted by Crippen LogP contribution is -2.58. The number of aliphatic hydroxyl groups is 1. The van der Waals surface area contributed by atoms with Crippen LogP contribution in [0.4, 0.5) is 0 Å². The van der Waals surface area contributed by atoms with E-state index in [4.69, 9.17) is 9.47 Å². The van der Waals surface area contributed by atoms with E-state index in [-0.39, 0.29) is 17.9 Å². The largest absolute Gasteiger partial charge is 0.493 e. The van der Waals surface area contributed by atoms with Gasteiger partial charge in [-0.15, -0.1) is 0 Å². The van der Waals surface area contributed by atoms with Crippen LogP contribution in [0.1, 0.15) is 39.2 Å². The Morgan fingerprint density at radius 3 is 2.62 bits per heavy atom. The van der Waals surface area contributed by atoms with Crippen LogP contribution in [0.5, 0.6) is 11.5 Å². The summed E-state index contributed by atoms with van der Waals surface area (Å²) >= 11 is 0. The van der Waals surface area contributed by atoms with Gasteiger partial charge in [0, 0.05) is 31.7 Å². The van der Waals surface area contributed by atoms with Gasteiger partial charge >= 0.3 is 0 Å². The van der Waals surface area contributed by atoms with Gasteiger partial charge in [-0.2, -0.15) is 0 Å². The number of methoxy groups -OCH3 is 2. The first-order valence-corrected chi connectivity index (χ1v) is 9.12. The molecule has 0 bridgehead atoms. The number of hydrogen-bond donors (Lipinski definition) is 2. The van der Waals surface area contributed by atoms with E-state index in [0.717, 1.165) is 18.5 Å². The van der Waals surface area contributed by atoms with Crippen LogP contribution in [0.2, 0.25) is 0 Å². The second kappa shape index (κ2) is 8.27. The molecule has 1 aliphatic heterocycles. The molecule has 1 aromatic rings. The summed E-state index contributed by atoms with van der Waals surface area (Å²) in [5.74, 6) is 1.04. The minimum Gasteiger partial charge on any atom is -0.493 e. The maximum absolute atomic E-state index is 12.9. The molecule has 0 radical (unpaired) electrons. The topological polar surface area (TPSA) is 71.0 Å². The summed E-state index contributed by atoms with van der Waals surface area (Å²) < 4.78 is 10.8. The van der Waals surface area contributed by atoms with Crippen LogP contribution in [0.15, 0.2) is 18.2 Å². The number of rotatable bonds is 7. The number of hydrogen-bond acceptors (Lipinski definition) is 5. The third-order valence-corrected chi connectivity index (χ3v) is 4.62. The maximum atomic E-state index is 12.9. The van der Waals surface area contributed by atoms with Gasteiger partial charge in [0.05, 0.1) is 14.2 Å². The Hall–Kier alpha value is -1.79. The van der Waals surface area contributed by atoms with Crippen molar-refractivity contribution in [2.24, 2.45) is 5.41 Å². The smallest absolute Gasteiger partial charge is 0.256 e. The highest BCUT2D eigenvalue weighted by molar-refractivity contribution is 5.86. The lowest BCUT2D eigenvalue weighted by Gasteiger charge is -2.39. The monoisotopic (exact) mass is 364 g/mol. The quantitative estimate of drug-likeness (QED) is 0.776. The van der Waals surface area contributed by atoms with Gasteiger partial charge in [-0.1, -0.05) is 32.9 Å². The molecule has 0 aromatic heterocycles. The Morgan fingerprint density at radius 2 is 2.00 bits per heavy atom. The lowest BCUT2D eigenvalue weighted by molar-refractivity contribution is -0.157. The number of nitrogens with one attached hydrogen (secondary N) is 1. The van der Waals surface area contributed by atoms with Crippen LogP contribution in [-0.2, 0) is 11.3 Å². The zero-order valence-corrected chi connectivity index (χ0v) is 16.6. The summed E-state index contributed by atoms with van der Waals surface area (Å²) in [7, 11) is 3.18. The van der Waals surface area contributed by atoms with Crippen molar-refractivity contribution in [2.75, 3.05) is 33.9 Å². The number of benzene rings is 1. The number of piperidine rings is 1. The standard InChI is InChI=1S/C20H32N2O4/c1-19(2,3)13-21-14-20(24)10-7-11-22(18(20)23)12-15-8-6-9-16(25-4)17(15)26-5/h6,8-9,21,24H,7,10-14H2,1-5H3/t20-/m1/s1. The van der Waals surface area contributed by atoms with Crippen molar-refractivity contribution in [2.45, 2.75) is 45.8 Å². The highest BCUT2D eigenvalue weighted by Crippen LogP contribution is 2.33. The Morgan fingerprint density at radius 1 is 1.27 bits per heavy atom. The molecule has 1 atom stereocenters. The first-order chi connectivity index (χ1) is 12.2. The van der Waals surface area contributed by atoms with Crippen molar-refractivity contribution < 1.29 is 19.4 Å². The molecule has 1 amide bonds. The first-order valence-electron chi connectivity index (χ1n) is 9.12. The molecule has 1 saturated heterocycles. The molecule has 6 nitrogen and oxygen atoms in total. The van der Waals surface area contributed by atoms with E-state index >= 15 is 0 Å². The molecule has 1 aliphatic rings. The number of nitrogens with zero attached hydrogens (tertiary/aromatic N) is 1. The lowest BCUT2D eigenvalue weighted by atomic mass is 9.90. The average Bonchev–Trinajstić information content (AvgIpc) is 2.57. The Balaban J connectivity index is 2.10. The number of amides is 1. The zero-order valence-electron chi connectivity index (χ0n) is 16.6. The number of carbonyl (C=O) groups is 1. The van der Waals surface area contributed by atoms with Crippen LogP contribution in [0, 0.1) is 5.41 Å². The summed E-state index contributed by atoms with van der Waals surface area (Å²) in [6, 6.07) is 5.62. The number of carbonyl (C=O) groups excluding carboxylic acids is 1. The van der Waals surface area contributed by atoms with Gasteiger partial charge in [-0.05, 0) is 24.3 Å². The second-order valence-electron chi connectivity index (χ2n) is 8.18. The van der Waals surface area contributed by atoms with Crippen molar-refractivity contribution in [1.29, 1.82) is 0 Å². The molecule has 2 rings (SSSR count). The SMILES string of the molecule is COc1cccc(CN2CCC[C@@](O)(CNCC(C)(C)C)C2=O)c1OC. The zero-order chi connectivity index (χ0) is 19.4. The summed E-state index contributed by atoms with van der Waals surface area (Å²) in [6.45, 7) is 8.39. The minimum absolute atomic E-state index is 0.0989. The van der Waals surface area contributed by atoms with Gasteiger partial charge in [-0.3, -0.25) is 4.79 Å². The predicted molar refractivity (Wildman–Crippen MR) is 101 cm³/mol. The molecule has 2 N–H and O–H groups in total. The van der Waals surface area contributed by atoms with Crippen LogP contribution in [0.25, 0.3) is 0 Å². The van der Waals surface area contributed by atoms with Gasteiger partial charge in [0.2, 0.25) is 0 Å². The molecular formula is C20H32N2O4. The summed E-state index contributed by atoms with van der Waals surface area (Å²) in [5, 5.41) is 14.2. The highest BCUT2D eigenvalue weighted by atomic mass is 16.5. The predicted octanol–water partition coefficient (Wildman–Crippen LogP) is 2.19. The first kappa shape index (κ1) is 20.5. The van der Waals surface area contributed by atoms with Crippen LogP contribution >= 0.6 is 0 Å². The molecule has 1 heterocycles. The van der Waals surface area contributed by atoms with E-state index in [1.807, 2.05) is 18.2 Å².